The Hall–Kier alpha value is -2.12. The van der Waals surface area contributed by atoms with Crippen LogP contribution in [0.4, 0.5) is 0 Å². The zero-order chi connectivity index (χ0) is 21.2. The molecular formula is C22H34N2O5. The number of benzene rings is 1. The molecule has 162 valence electrons. The fourth-order valence-electron chi connectivity index (χ4n) is 3.34. The lowest BCUT2D eigenvalue weighted by Gasteiger charge is -2.26. The van der Waals surface area contributed by atoms with Crippen molar-refractivity contribution in [1.29, 1.82) is 0 Å². The smallest absolute Gasteiger partial charge is 0.263 e. The molecular weight excluding hydrogens is 372 g/mol. The van der Waals surface area contributed by atoms with Gasteiger partial charge in [-0.15, -0.1) is 0 Å². The fraction of sp³-hybridized carbons (Fsp3) is 0.636. The Morgan fingerprint density at radius 2 is 1.69 bits per heavy atom. The topological polar surface area (TPSA) is 68.3 Å². The van der Waals surface area contributed by atoms with E-state index in [1.54, 1.807) is 23.8 Å². The van der Waals surface area contributed by atoms with Crippen molar-refractivity contribution in [2.75, 3.05) is 53.1 Å². The summed E-state index contributed by atoms with van der Waals surface area (Å²) < 4.78 is 16.2. The van der Waals surface area contributed by atoms with Gasteiger partial charge in [-0.05, 0) is 30.9 Å². The normalized spacial score (nSPS) is 15.9. The highest BCUT2D eigenvalue weighted by molar-refractivity contribution is 5.81. The van der Waals surface area contributed by atoms with Gasteiger partial charge in [-0.25, -0.2) is 0 Å². The zero-order valence-corrected chi connectivity index (χ0v) is 18.1. The molecule has 1 unspecified atom stereocenters. The van der Waals surface area contributed by atoms with Gasteiger partial charge in [-0.2, -0.15) is 0 Å². The van der Waals surface area contributed by atoms with Crippen LogP contribution in [0.1, 0.15) is 38.7 Å². The molecule has 29 heavy (non-hydrogen) atoms. The molecule has 0 saturated carbocycles. The summed E-state index contributed by atoms with van der Waals surface area (Å²) in [6.07, 6.45) is 0.166. The molecule has 1 aliphatic rings. The van der Waals surface area contributed by atoms with E-state index in [2.05, 4.69) is 13.8 Å². The molecule has 1 atom stereocenters. The van der Waals surface area contributed by atoms with Crippen LogP contribution in [-0.4, -0.2) is 80.8 Å². The minimum Gasteiger partial charge on any atom is -0.481 e. The number of methoxy groups -OCH3 is 1. The van der Waals surface area contributed by atoms with Crippen molar-refractivity contribution in [1.82, 2.24) is 9.80 Å². The van der Waals surface area contributed by atoms with Crippen molar-refractivity contribution >= 4 is 11.8 Å². The zero-order valence-electron chi connectivity index (χ0n) is 18.1. The summed E-state index contributed by atoms with van der Waals surface area (Å²) in [5.74, 6) is 0.973. The van der Waals surface area contributed by atoms with Crippen molar-refractivity contribution in [3.63, 3.8) is 0 Å². The van der Waals surface area contributed by atoms with E-state index in [9.17, 15) is 9.59 Å². The lowest BCUT2D eigenvalue weighted by molar-refractivity contribution is -0.139. The molecule has 2 rings (SSSR count). The lowest BCUT2D eigenvalue weighted by atomic mass is 10.0. The summed E-state index contributed by atoms with van der Waals surface area (Å²) >= 11 is 0. The maximum atomic E-state index is 12.9. The van der Waals surface area contributed by atoms with E-state index in [1.807, 2.05) is 24.3 Å². The van der Waals surface area contributed by atoms with Gasteiger partial charge in [0.2, 0.25) is 5.91 Å². The molecule has 0 aromatic heterocycles. The number of para-hydroxylation sites is 1. The van der Waals surface area contributed by atoms with Crippen molar-refractivity contribution in [2.45, 2.75) is 39.2 Å². The fourth-order valence-corrected chi connectivity index (χ4v) is 3.34. The molecule has 7 heteroatoms. The molecule has 1 aromatic rings. The van der Waals surface area contributed by atoms with Crippen molar-refractivity contribution in [3.8, 4) is 5.75 Å². The quantitative estimate of drug-likeness (QED) is 0.589. The lowest BCUT2D eigenvalue weighted by Crippen LogP contribution is -2.43. The molecule has 1 aliphatic heterocycles. The molecule has 0 spiro atoms. The second-order valence-electron chi connectivity index (χ2n) is 7.56. The third-order valence-corrected chi connectivity index (χ3v) is 5.01. The Balaban J connectivity index is 1.88. The summed E-state index contributed by atoms with van der Waals surface area (Å²) in [4.78, 5) is 28.8. The van der Waals surface area contributed by atoms with Gasteiger partial charge in [0.05, 0.1) is 13.2 Å². The molecule has 0 bridgehead atoms. The van der Waals surface area contributed by atoms with Crippen LogP contribution in [0.25, 0.3) is 0 Å². The Labute approximate surface area is 173 Å². The van der Waals surface area contributed by atoms with E-state index < -0.39 is 6.10 Å². The highest BCUT2D eigenvalue weighted by Crippen LogP contribution is 2.27. The molecule has 1 fully saturated rings. The minimum absolute atomic E-state index is 0.0445. The van der Waals surface area contributed by atoms with Gasteiger partial charge < -0.3 is 24.0 Å². The maximum absolute atomic E-state index is 12.9. The van der Waals surface area contributed by atoms with Crippen LogP contribution in [0, 0.1) is 0 Å². The van der Waals surface area contributed by atoms with Crippen LogP contribution >= 0.6 is 0 Å². The number of amides is 2. The number of rotatable bonds is 9. The van der Waals surface area contributed by atoms with Crippen LogP contribution in [-0.2, 0) is 19.1 Å². The Morgan fingerprint density at radius 3 is 2.41 bits per heavy atom. The average Bonchev–Trinajstić information content (AvgIpc) is 2.97. The van der Waals surface area contributed by atoms with Crippen LogP contribution in [0.5, 0.6) is 5.75 Å². The highest BCUT2D eigenvalue weighted by atomic mass is 16.5. The summed E-state index contributed by atoms with van der Waals surface area (Å²) in [5, 5.41) is 0. The standard InChI is InChI=1S/C22H34N2O5/c1-17(2)19-8-5-6-9-20(19)29-18(3)22(26)24-11-7-10-23(12-13-24)21(25)16-28-15-14-27-4/h5-6,8-9,17-18H,7,10-16H2,1-4H3. The maximum Gasteiger partial charge on any atom is 0.263 e. The third-order valence-electron chi connectivity index (χ3n) is 5.01. The predicted molar refractivity (Wildman–Crippen MR) is 111 cm³/mol. The number of carbonyl (C=O) groups excluding carboxylic acids is 2. The molecule has 0 N–H and O–H groups in total. The van der Waals surface area contributed by atoms with Crippen LogP contribution in [0.3, 0.4) is 0 Å². The number of nitrogens with zero attached hydrogens (tertiary/aromatic N) is 2. The number of carbonyl (C=O) groups is 2. The third kappa shape index (κ3) is 7.01. The second kappa shape index (κ2) is 11.8. The van der Waals surface area contributed by atoms with E-state index in [1.165, 1.54) is 0 Å². The minimum atomic E-state index is -0.575. The van der Waals surface area contributed by atoms with Gasteiger partial charge >= 0.3 is 0 Å². The molecule has 1 aromatic carbocycles. The Kier molecular flexibility index (Phi) is 9.41. The van der Waals surface area contributed by atoms with E-state index >= 15 is 0 Å². The van der Waals surface area contributed by atoms with Gasteiger partial charge in [0.25, 0.3) is 5.91 Å². The summed E-state index contributed by atoms with van der Waals surface area (Å²) in [6.45, 7) is 9.16. The molecule has 0 aliphatic carbocycles. The molecule has 2 amide bonds. The van der Waals surface area contributed by atoms with Gasteiger partial charge in [-0.3, -0.25) is 9.59 Å². The molecule has 7 nitrogen and oxygen atoms in total. The van der Waals surface area contributed by atoms with Crippen LogP contribution in [0.2, 0.25) is 0 Å². The van der Waals surface area contributed by atoms with Crippen LogP contribution < -0.4 is 4.74 Å². The van der Waals surface area contributed by atoms with Crippen molar-refractivity contribution in [3.05, 3.63) is 29.8 Å². The first kappa shape index (κ1) is 23.2. The van der Waals surface area contributed by atoms with Crippen LogP contribution in [0.15, 0.2) is 24.3 Å². The van der Waals surface area contributed by atoms with E-state index in [0.717, 1.165) is 17.7 Å². The summed E-state index contributed by atoms with van der Waals surface area (Å²) in [5.41, 5.74) is 1.09. The number of hydrogen-bond acceptors (Lipinski definition) is 5. The molecule has 0 radical (unpaired) electrons. The van der Waals surface area contributed by atoms with Gasteiger partial charge in [-0.1, -0.05) is 32.0 Å². The van der Waals surface area contributed by atoms with E-state index in [4.69, 9.17) is 14.2 Å². The SMILES string of the molecule is COCCOCC(=O)N1CCCN(C(=O)C(C)Oc2ccccc2C(C)C)CC1. The molecule has 1 heterocycles. The predicted octanol–water partition coefficient (Wildman–Crippen LogP) is 2.30. The van der Waals surface area contributed by atoms with E-state index in [0.29, 0.717) is 45.3 Å². The van der Waals surface area contributed by atoms with E-state index in [-0.39, 0.29) is 18.4 Å². The monoisotopic (exact) mass is 406 g/mol. The summed E-state index contributed by atoms with van der Waals surface area (Å²) in [6, 6.07) is 7.84. The summed E-state index contributed by atoms with van der Waals surface area (Å²) in [7, 11) is 1.59. The number of hydrogen-bond donors (Lipinski definition) is 0. The average molecular weight is 407 g/mol. The van der Waals surface area contributed by atoms with Gasteiger partial charge in [0.15, 0.2) is 6.10 Å². The Bertz CT molecular complexity index is 664. The first-order valence-corrected chi connectivity index (χ1v) is 10.3. The molecule has 1 saturated heterocycles. The van der Waals surface area contributed by atoms with Gasteiger partial charge in [0.1, 0.15) is 12.4 Å². The Morgan fingerprint density at radius 1 is 1.00 bits per heavy atom. The van der Waals surface area contributed by atoms with Crippen molar-refractivity contribution < 1.29 is 23.8 Å². The first-order valence-electron chi connectivity index (χ1n) is 10.3. The largest absolute Gasteiger partial charge is 0.481 e. The van der Waals surface area contributed by atoms with Crippen molar-refractivity contribution in [2.24, 2.45) is 0 Å². The van der Waals surface area contributed by atoms with Gasteiger partial charge in [0, 0.05) is 33.3 Å². The highest BCUT2D eigenvalue weighted by Gasteiger charge is 2.26. The second-order valence-corrected chi connectivity index (χ2v) is 7.56. The first-order chi connectivity index (χ1) is 13.9. The number of ether oxygens (including phenoxy) is 3.